The predicted molar refractivity (Wildman–Crippen MR) is 68.0 cm³/mol. The van der Waals surface area contributed by atoms with E-state index in [2.05, 4.69) is 18.7 Å². The van der Waals surface area contributed by atoms with Gasteiger partial charge in [0.2, 0.25) is 0 Å². The van der Waals surface area contributed by atoms with Crippen molar-refractivity contribution in [3.05, 3.63) is 0 Å². The summed E-state index contributed by atoms with van der Waals surface area (Å²) >= 11 is 0. The second-order valence-electron chi connectivity index (χ2n) is 6.27. The van der Waals surface area contributed by atoms with Crippen molar-refractivity contribution in [1.29, 1.82) is 0 Å². The van der Waals surface area contributed by atoms with Gasteiger partial charge >= 0.3 is 5.97 Å². The van der Waals surface area contributed by atoms with Crippen molar-refractivity contribution in [2.75, 3.05) is 13.1 Å². The molecular weight excluding hydrogens is 214 g/mol. The Labute approximate surface area is 104 Å². The molecule has 3 nitrogen and oxygen atoms in total. The van der Waals surface area contributed by atoms with Crippen molar-refractivity contribution >= 4 is 5.97 Å². The van der Waals surface area contributed by atoms with Crippen LogP contribution in [0.5, 0.6) is 0 Å². The van der Waals surface area contributed by atoms with Crippen LogP contribution >= 0.6 is 0 Å². The summed E-state index contributed by atoms with van der Waals surface area (Å²) in [5, 5.41) is 9.57. The third-order valence-corrected chi connectivity index (χ3v) is 4.68. The molecule has 1 saturated heterocycles. The van der Waals surface area contributed by atoms with E-state index in [0.717, 1.165) is 44.7 Å². The van der Waals surface area contributed by atoms with Gasteiger partial charge in [-0.05, 0) is 32.1 Å². The molecule has 0 aromatic heterocycles. The fourth-order valence-corrected chi connectivity index (χ4v) is 3.66. The maximum atomic E-state index is 11.6. The van der Waals surface area contributed by atoms with E-state index in [-0.39, 0.29) is 0 Å². The van der Waals surface area contributed by atoms with Crippen LogP contribution in [0.4, 0.5) is 0 Å². The van der Waals surface area contributed by atoms with Gasteiger partial charge in [0, 0.05) is 19.1 Å². The van der Waals surface area contributed by atoms with Crippen LogP contribution in [-0.2, 0) is 4.79 Å². The summed E-state index contributed by atoms with van der Waals surface area (Å²) in [5.41, 5.74) is -0.448. The molecular formula is C14H25NO2. The van der Waals surface area contributed by atoms with E-state index in [1.807, 2.05) is 0 Å². The smallest absolute Gasteiger partial charge is 0.310 e. The molecule has 0 bridgehead atoms. The number of likely N-dealkylation sites (tertiary alicyclic amines) is 1. The van der Waals surface area contributed by atoms with Gasteiger partial charge in [0.05, 0.1) is 5.41 Å². The Morgan fingerprint density at radius 1 is 1.29 bits per heavy atom. The minimum absolute atomic E-state index is 0.448. The topological polar surface area (TPSA) is 40.5 Å². The van der Waals surface area contributed by atoms with Crippen molar-refractivity contribution in [2.45, 2.75) is 58.4 Å². The quantitative estimate of drug-likeness (QED) is 0.823. The molecule has 1 aliphatic heterocycles. The third-order valence-electron chi connectivity index (χ3n) is 4.68. The van der Waals surface area contributed by atoms with Gasteiger partial charge in [0.15, 0.2) is 0 Å². The van der Waals surface area contributed by atoms with Crippen molar-refractivity contribution in [3.8, 4) is 0 Å². The molecule has 1 heterocycles. The summed E-state index contributed by atoms with van der Waals surface area (Å²) < 4.78 is 0. The van der Waals surface area contributed by atoms with E-state index in [0.29, 0.717) is 6.04 Å². The number of hydrogen-bond donors (Lipinski definition) is 1. The first-order valence-electron chi connectivity index (χ1n) is 7.01. The molecule has 0 amide bonds. The van der Waals surface area contributed by atoms with E-state index in [1.54, 1.807) is 0 Å². The molecule has 0 spiro atoms. The average Bonchev–Trinajstić information content (AvgIpc) is 2.58. The van der Waals surface area contributed by atoms with Gasteiger partial charge in [0.1, 0.15) is 0 Å². The highest BCUT2D eigenvalue weighted by molar-refractivity contribution is 5.75. The number of carboxylic acids is 1. The maximum Gasteiger partial charge on any atom is 0.310 e. The molecule has 0 aromatic rings. The molecule has 98 valence electrons. The monoisotopic (exact) mass is 239 g/mol. The predicted octanol–water partition coefficient (Wildman–Crippen LogP) is 2.75. The van der Waals surface area contributed by atoms with Gasteiger partial charge in [-0.25, -0.2) is 0 Å². The minimum atomic E-state index is -0.566. The highest BCUT2D eigenvalue weighted by atomic mass is 16.4. The molecule has 3 heteroatoms. The Morgan fingerprint density at radius 2 is 1.94 bits per heavy atom. The summed E-state index contributed by atoms with van der Waals surface area (Å²) in [7, 11) is 0. The highest BCUT2D eigenvalue weighted by Gasteiger charge is 2.43. The van der Waals surface area contributed by atoms with Gasteiger partial charge in [-0.1, -0.05) is 26.2 Å². The lowest BCUT2D eigenvalue weighted by Crippen LogP contribution is -2.45. The molecule has 1 N–H and O–H groups in total. The Balaban J connectivity index is 2.05. The van der Waals surface area contributed by atoms with Crippen molar-refractivity contribution in [3.63, 3.8) is 0 Å². The second-order valence-corrected chi connectivity index (χ2v) is 6.27. The molecule has 2 atom stereocenters. The van der Waals surface area contributed by atoms with Gasteiger partial charge in [0.25, 0.3) is 0 Å². The van der Waals surface area contributed by atoms with Gasteiger partial charge in [-0.15, -0.1) is 0 Å². The summed E-state index contributed by atoms with van der Waals surface area (Å²) in [4.78, 5) is 14.0. The number of aliphatic carboxylic acids is 1. The van der Waals surface area contributed by atoms with Crippen molar-refractivity contribution < 1.29 is 9.90 Å². The van der Waals surface area contributed by atoms with E-state index < -0.39 is 11.4 Å². The molecule has 2 fully saturated rings. The zero-order chi connectivity index (χ0) is 12.5. The Morgan fingerprint density at radius 3 is 2.41 bits per heavy atom. The molecule has 0 radical (unpaired) electrons. The molecule has 17 heavy (non-hydrogen) atoms. The average molecular weight is 239 g/mol. The van der Waals surface area contributed by atoms with Gasteiger partial charge in [-0.3, -0.25) is 9.69 Å². The number of hydrogen-bond acceptors (Lipinski definition) is 2. The van der Waals surface area contributed by atoms with Gasteiger partial charge in [-0.2, -0.15) is 0 Å². The van der Waals surface area contributed by atoms with Crippen LogP contribution in [0, 0.1) is 11.3 Å². The summed E-state index contributed by atoms with van der Waals surface area (Å²) in [6, 6.07) is 0.558. The Bertz CT molecular complexity index is 284. The normalized spacial score (nSPS) is 33.8. The Hall–Kier alpha value is -0.570. The van der Waals surface area contributed by atoms with Crippen LogP contribution in [0.15, 0.2) is 0 Å². The highest BCUT2D eigenvalue weighted by Crippen LogP contribution is 2.39. The molecule has 2 rings (SSSR count). The maximum absolute atomic E-state index is 11.6. The second kappa shape index (κ2) is 4.97. The van der Waals surface area contributed by atoms with Crippen LogP contribution in [0.1, 0.15) is 52.4 Å². The summed E-state index contributed by atoms with van der Waals surface area (Å²) in [5.74, 6) is 0.156. The van der Waals surface area contributed by atoms with E-state index in [4.69, 9.17) is 0 Å². The molecule has 0 aromatic carbocycles. The third kappa shape index (κ3) is 2.65. The van der Waals surface area contributed by atoms with Crippen molar-refractivity contribution in [2.24, 2.45) is 11.3 Å². The van der Waals surface area contributed by atoms with E-state index in [9.17, 15) is 9.90 Å². The van der Waals surface area contributed by atoms with Gasteiger partial charge < -0.3 is 5.11 Å². The standard InChI is InChI=1S/C14H25NO2/c1-11-8-12(2)15(9-11)10-14(13(16)17)6-4-3-5-7-14/h11-12H,3-10H2,1-2H3,(H,16,17). The van der Waals surface area contributed by atoms with Crippen LogP contribution in [0.3, 0.4) is 0 Å². The van der Waals surface area contributed by atoms with Crippen LogP contribution < -0.4 is 0 Å². The zero-order valence-electron chi connectivity index (χ0n) is 11.1. The van der Waals surface area contributed by atoms with E-state index >= 15 is 0 Å². The van der Waals surface area contributed by atoms with Crippen LogP contribution in [0.2, 0.25) is 0 Å². The number of nitrogens with zero attached hydrogens (tertiary/aromatic N) is 1. The number of carboxylic acid groups (broad SMARTS) is 1. The lowest BCUT2D eigenvalue weighted by molar-refractivity contribution is -0.152. The lowest BCUT2D eigenvalue weighted by Gasteiger charge is -2.37. The minimum Gasteiger partial charge on any atom is -0.481 e. The first-order valence-corrected chi connectivity index (χ1v) is 7.01. The largest absolute Gasteiger partial charge is 0.481 e. The van der Waals surface area contributed by atoms with Crippen molar-refractivity contribution in [1.82, 2.24) is 4.90 Å². The first-order chi connectivity index (χ1) is 8.03. The lowest BCUT2D eigenvalue weighted by atomic mass is 9.73. The fraction of sp³-hybridized carbons (Fsp3) is 0.929. The molecule has 1 saturated carbocycles. The number of rotatable bonds is 3. The summed E-state index contributed by atoms with van der Waals surface area (Å²) in [6.45, 7) is 6.36. The van der Waals surface area contributed by atoms with Crippen LogP contribution in [0.25, 0.3) is 0 Å². The summed E-state index contributed by atoms with van der Waals surface area (Å²) in [6.07, 6.45) is 6.35. The molecule has 1 aliphatic carbocycles. The van der Waals surface area contributed by atoms with E-state index in [1.165, 1.54) is 12.8 Å². The molecule has 2 aliphatic rings. The fourth-order valence-electron chi connectivity index (χ4n) is 3.66. The Kier molecular flexibility index (Phi) is 3.76. The first kappa shape index (κ1) is 12.9. The SMILES string of the molecule is CC1CC(C)N(CC2(C(=O)O)CCCCC2)C1. The molecule has 2 unspecified atom stereocenters. The van der Waals surface area contributed by atoms with Crippen LogP contribution in [-0.4, -0.2) is 35.1 Å². The number of carbonyl (C=O) groups is 1. The zero-order valence-corrected chi connectivity index (χ0v) is 11.1.